The summed E-state index contributed by atoms with van der Waals surface area (Å²) in [6.45, 7) is 14.8. The third-order valence-electron chi connectivity index (χ3n) is 5.07. The highest BCUT2D eigenvalue weighted by molar-refractivity contribution is 5.79. The van der Waals surface area contributed by atoms with E-state index in [4.69, 9.17) is 14.1 Å². The molecule has 0 unspecified atom stereocenters. The SMILES string of the molecule is CCNC(=NCc1ccccc1CN1CCOCC1)NCc1ncc(C(C)(C)C)o1. The number of rotatable bonds is 7. The van der Waals surface area contributed by atoms with Crippen LogP contribution in [-0.4, -0.2) is 48.7 Å². The molecule has 1 aliphatic heterocycles. The number of nitrogens with one attached hydrogen (secondary N) is 2. The maximum atomic E-state index is 5.87. The zero-order valence-electron chi connectivity index (χ0n) is 18.7. The van der Waals surface area contributed by atoms with Gasteiger partial charge in [-0.15, -0.1) is 0 Å². The molecular formula is C23H35N5O2. The van der Waals surface area contributed by atoms with E-state index in [1.165, 1.54) is 11.1 Å². The third-order valence-corrected chi connectivity index (χ3v) is 5.07. The molecule has 2 heterocycles. The van der Waals surface area contributed by atoms with Crippen LogP contribution in [0.4, 0.5) is 0 Å². The lowest BCUT2D eigenvalue weighted by molar-refractivity contribution is 0.0341. The van der Waals surface area contributed by atoms with Gasteiger partial charge in [-0.25, -0.2) is 9.98 Å². The van der Waals surface area contributed by atoms with Gasteiger partial charge in [-0.3, -0.25) is 4.90 Å². The second kappa shape index (κ2) is 10.6. The molecule has 2 N–H and O–H groups in total. The number of morpholine rings is 1. The first-order valence-corrected chi connectivity index (χ1v) is 10.8. The maximum absolute atomic E-state index is 5.87. The lowest BCUT2D eigenvalue weighted by atomic mass is 9.94. The molecule has 1 aromatic carbocycles. The monoisotopic (exact) mass is 413 g/mol. The Balaban J connectivity index is 1.62. The molecular weight excluding hydrogens is 378 g/mol. The van der Waals surface area contributed by atoms with Gasteiger partial charge < -0.3 is 19.8 Å². The fraction of sp³-hybridized carbons (Fsp3) is 0.565. The van der Waals surface area contributed by atoms with E-state index in [-0.39, 0.29) is 5.41 Å². The van der Waals surface area contributed by atoms with Crippen LogP contribution in [0.1, 0.15) is 50.5 Å². The third kappa shape index (κ3) is 6.57. The molecule has 7 nitrogen and oxygen atoms in total. The van der Waals surface area contributed by atoms with E-state index >= 15 is 0 Å². The van der Waals surface area contributed by atoms with Crippen molar-refractivity contribution in [1.82, 2.24) is 20.5 Å². The Bertz CT molecular complexity index is 819. The highest BCUT2D eigenvalue weighted by Gasteiger charge is 2.19. The van der Waals surface area contributed by atoms with Gasteiger partial charge in [-0.2, -0.15) is 0 Å². The zero-order chi connectivity index (χ0) is 21.4. The van der Waals surface area contributed by atoms with Crippen molar-refractivity contribution in [2.24, 2.45) is 4.99 Å². The molecule has 0 radical (unpaired) electrons. The van der Waals surface area contributed by atoms with Crippen LogP contribution in [-0.2, 0) is 29.8 Å². The number of hydrogen-bond donors (Lipinski definition) is 2. The Morgan fingerprint density at radius 1 is 1.13 bits per heavy atom. The van der Waals surface area contributed by atoms with Crippen molar-refractivity contribution in [3.63, 3.8) is 0 Å². The maximum Gasteiger partial charge on any atom is 0.213 e. The Hall–Kier alpha value is -2.38. The summed E-state index contributed by atoms with van der Waals surface area (Å²) in [5, 5.41) is 6.63. The molecule has 1 aromatic heterocycles. The first kappa shape index (κ1) is 22.3. The number of aliphatic imine (C=N–C) groups is 1. The molecule has 0 bridgehead atoms. The molecule has 0 atom stereocenters. The second-order valence-corrected chi connectivity index (χ2v) is 8.57. The molecule has 0 spiro atoms. The molecule has 0 aliphatic carbocycles. The standard InChI is InChI=1S/C23H35N5O2/c1-5-24-22(27-16-21-25-15-20(30-21)23(2,3)4)26-14-18-8-6-7-9-19(18)17-28-10-12-29-13-11-28/h6-9,15H,5,10-14,16-17H2,1-4H3,(H2,24,26,27). The van der Waals surface area contributed by atoms with Crippen LogP contribution in [0.2, 0.25) is 0 Å². The predicted octanol–water partition coefficient (Wildman–Crippen LogP) is 3.06. The van der Waals surface area contributed by atoms with Crippen molar-refractivity contribution >= 4 is 5.96 Å². The van der Waals surface area contributed by atoms with Gasteiger partial charge in [0.15, 0.2) is 5.96 Å². The minimum atomic E-state index is -0.0476. The highest BCUT2D eigenvalue weighted by Crippen LogP contribution is 2.22. The Morgan fingerprint density at radius 3 is 2.53 bits per heavy atom. The van der Waals surface area contributed by atoms with Gasteiger partial charge >= 0.3 is 0 Å². The van der Waals surface area contributed by atoms with E-state index in [1.807, 2.05) is 6.20 Å². The molecule has 1 aliphatic rings. The van der Waals surface area contributed by atoms with Crippen LogP contribution < -0.4 is 10.6 Å². The first-order chi connectivity index (χ1) is 14.5. The van der Waals surface area contributed by atoms with Crippen LogP contribution >= 0.6 is 0 Å². The number of guanidine groups is 1. The second-order valence-electron chi connectivity index (χ2n) is 8.57. The summed E-state index contributed by atoms with van der Waals surface area (Å²) in [5.74, 6) is 2.31. The Morgan fingerprint density at radius 2 is 1.87 bits per heavy atom. The van der Waals surface area contributed by atoms with Gasteiger partial charge in [0.2, 0.25) is 5.89 Å². The van der Waals surface area contributed by atoms with Crippen molar-refractivity contribution in [2.75, 3.05) is 32.8 Å². The van der Waals surface area contributed by atoms with E-state index in [9.17, 15) is 0 Å². The van der Waals surface area contributed by atoms with Crippen LogP contribution in [0, 0.1) is 0 Å². The van der Waals surface area contributed by atoms with E-state index in [0.717, 1.165) is 51.1 Å². The average Bonchev–Trinajstić information content (AvgIpc) is 3.21. The summed E-state index contributed by atoms with van der Waals surface area (Å²) in [6, 6.07) is 8.53. The molecule has 164 valence electrons. The van der Waals surface area contributed by atoms with Gasteiger partial charge in [0.25, 0.3) is 0 Å². The van der Waals surface area contributed by atoms with Crippen molar-refractivity contribution in [2.45, 2.75) is 52.7 Å². The summed E-state index contributed by atoms with van der Waals surface area (Å²) in [4.78, 5) is 11.6. The smallest absolute Gasteiger partial charge is 0.213 e. The summed E-state index contributed by atoms with van der Waals surface area (Å²) in [7, 11) is 0. The Labute approximate surface area is 179 Å². The quantitative estimate of drug-likeness (QED) is 0.537. The fourth-order valence-electron chi connectivity index (χ4n) is 3.27. The molecule has 1 fully saturated rings. The number of benzene rings is 1. The highest BCUT2D eigenvalue weighted by atomic mass is 16.5. The molecule has 30 heavy (non-hydrogen) atoms. The average molecular weight is 414 g/mol. The van der Waals surface area contributed by atoms with Gasteiger partial charge in [0.1, 0.15) is 5.76 Å². The molecule has 0 saturated carbocycles. The van der Waals surface area contributed by atoms with Crippen LogP contribution in [0.15, 0.2) is 39.9 Å². The van der Waals surface area contributed by atoms with Gasteiger partial charge in [0.05, 0.1) is 32.5 Å². The predicted molar refractivity (Wildman–Crippen MR) is 119 cm³/mol. The van der Waals surface area contributed by atoms with Gasteiger partial charge in [0, 0.05) is 31.6 Å². The zero-order valence-corrected chi connectivity index (χ0v) is 18.7. The Kier molecular flexibility index (Phi) is 7.87. The van der Waals surface area contributed by atoms with Crippen LogP contribution in [0.3, 0.4) is 0 Å². The van der Waals surface area contributed by atoms with Gasteiger partial charge in [-0.05, 0) is 18.1 Å². The van der Waals surface area contributed by atoms with E-state index in [1.54, 1.807) is 0 Å². The first-order valence-electron chi connectivity index (χ1n) is 10.8. The topological polar surface area (TPSA) is 74.9 Å². The number of oxazole rings is 1. The van der Waals surface area contributed by atoms with Crippen molar-refractivity contribution in [3.05, 3.63) is 53.2 Å². The number of aromatic nitrogens is 1. The van der Waals surface area contributed by atoms with E-state index in [0.29, 0.717) is 19.0 Å². The normalized spacial score (nSPS) is 15.9. The molecule has 3 rings (SSSR count). The summed E-state index contributed by atoms with van der Waals surface area (Å²) in [5.41, 5.74) is 2.52. The fourth-order valence-corrected chi connectivity index (χ4v) is 3.27. The van der Waals surface area contributed by atoms with Crippen molar-refractivity contribution < 1.29 is 9.15 Å². The summed E-state index contributed by atoms with van der Waals surface area (Å²) < 4.78 is 11.3. The number of hydrogen-bond acceptors (Lipinski definition) is 5. The van der Waals surface area contributed by atoms with Gasteiger partial charge in [-0.1, -0.05) is 45.0 Å². The van der Waals surface area contributed by atoms with Crippen molar-refractivity contribution in [3.8, 4) is 0 Å². The van der Waals surface area contributed by atoms with Crippen molar-refractivity contribution in [1.29, 1.82) is 0 Å². The molecule has 0 amide bonds. The van der Waals surface area contributed by atoms with E-state index in [2.05, 4.69) is 72.5 Å². The van der Waals surface area contributed by atoms with Crippen LogP contribution in [0.5, 0.6) is 0 Å². The minimum absolute atomic E-state index is 0.0476. The van der Waals surface area contributed by atoms with Crippen LogP contribution in [0.25, 0.3) is 0 Å². The summed E-state index contributed by atoms with van der Waals surface area (Å²) >= 11 is 0. The molecule has 1 saturated heterocycles. The molecule has 7 heteroatoms. The molecule has 2 aromatic rings. The lowest BCUT2D eigenvalue weighted by Crippen LogP contribution is -2.37. The largest absolute Gasteiger partial charge is 0.443 e. The van der Waals surface area contributed by atoms with E-state index < -0.39 is 0 Å². The number of ether oxygens (including phenoxy) is 1. The minimum Gasteiger partial charge on any atom is -0.443 e. The lowest BCUT2D eigenvalue weighted by Gasteiger charge is -2.27. The summed E-state index contributed by atoms with van der Waals surface area (Å²) in [6.07, 6.45) is 1.81. The number of nitrogens with zero attached hydrogens (tertiary/aromatic N) is 3.